The number of nitriles is 1. The number of aromatic nitrogens is 4. The summed E-state index contributed by atoms with van der Waals surface area (Å²) in [6.45, 7) is 7.52. The van der Waals surface area contributed by atoms with Gasteiger partial charge in [-0.1, -0.05) is 101 Å². The number of hydrogen-bond acceptors (Lipinski definition) is 15. The number of nitrogens with zero attached hydrogens (tertiary/aromatic N) is 5. The topological polar surface area (TPSA) is 193 Å². The molecule has 0 amide bonds. The zero-order valence-electron chi connectivity index (χ0n) is 35.4. The zero-order valence-corrected chi connectivity index (χ0v) is 37.1. The van der Waals surface area contributed by atoms with Crippen molar-refractivity contribution in [3.63, 3.8) is 0 Å². The number of para-hydroxylation sites is 1. The van der Waals surface area contributed by atoms with E-state index in [1.54, 1.807) is 67.8 Å². The van der Waals surface area contributed by atoms with Gasteiger partial charge < -0.3 is 33.9 Å². The molecular formula is C43H58ClN6O10P. The summed E-state index contributed by atoms with van der Waals surface area (Å²) in [5.41, 5.74) is 7.63. The average molecular weight is 885 g/mol. The Morgan fingerprint density at radius 2 is 1.64 bits per heavy atom. The fraction of sp³-hybridized carbons (Fsp3) is 0.581. The van der Waals surface area contributed by atoms with Crippen LogP contribution in [0.1, 0.15) is 122 Å². The Bertz CT molecular complexity index is 2090. The van der Waals surface area contributed by atoms with Crippen molar-refractivity contribution in [1.29, 1.82) is 5.26 Å². The number of unbranched alkanes of at least 4 members (excludes halogenated alkanes) is 11. The second-order valence-electron chi connectivity index (χ2n) is 15.9. The summed E-state index contributed by atoms with van der Waals surface area (Å²) < 4.78 is 65.0. The molecule has 2 aliphatic heterocycles. The van der Waals surface area contributed by atoms with Crippen molar-refractivity contribution >= 4 is 30.8 Å². The molecule has 18 heteroatoms. The first-order valence-corrected chi connectivity index (χ1v) is 23.0. The first-order chi connectivity index (χ1) is 29.4. The normalized spacial score (nSPS) is 22.1. The maximum absolute atomic E-state index is 14.7. The van der Waals surface area contributed by atoms with Crippen LogP contribution in [-0.4, -0.2) is 69.3 Å². The van der Waals surface area contributed by atoms with E-state index in [0.29, 0.717) is 23.4 Å². The van der Waals surface area contributed by atoms with Gasteiger partial charge in [-0.2, -0.15) is 15.2 Å². The number of benzene rings is 1. The Morgan fingerprint density at radius 3 is 2.33 bits per heavy atom. The molecule has 2 fully saturated rings. The Morgan fingerprint density at radius 1 is 0.918 bits per heavy atom. The maximum Gasteiger partial charge on any atom is 0.558 e. The number of hydrogen-bond donors (Lipinski definition) is 1. The molecular weight excluding hydrogens is 827 g/mol. The van der Waals surface area contributed by atoms with E-state index in [1.807, 2.05) is 6.07 Å². The molecule has 61 heavy (non-hydrogen) atoms. The number of ether oxygens (including phenoxy) is 5. The smallest absolute Gasteiger partial charge is 0.469 e. The zero-order chi connectivity index (χ0) is 43.3. The molecule has 2 aliphatic rings. The number of nitrogen functional groups attached to an aromatic ring is 1. The predicted octanol–water partition coefficient (Wildman–Crippen LogP) is 9.86. The number of rotatable bonds is 26. The molecule has 1 unspecified atom stereocenters. The van der Waals surface area contributed by atoms with Crippen molar-refractivity contribution in [2.24, 2.45) is 0 Å². The Labute approximate surface area is 362 Å². The molecule has 6 atom stereocenters. The van der Waals surface area contributed by atoms with E-state index in [-0.39, 0.29) is 35.7 Å². The number of nitrogens with two attached hydrogens (primary N) is 1. The number of phosphoric acid groups is 1. The largest absolute Gasteiger partial charge is 0.558 e. The van der Waals surface area contributed by atoms with E-state index >= 15 is 0 Å². The van der Waals surface area contributed by atoms with Crippen molar-refractivity contribution in [3.8, 4) is 17.7 Å². The van der Waals surface area contributed by atoms with Crippen molar-refractivity contribution in [2.75, 3.05) is 25.6 Å². The third kappa shape index (κ3) is 12.8. The lowest BCUT2D eigenvalue weighted by Crippen LogP contribution is -2.43. The summed E-state index contributed by atoms with van der Waals surface area (Å²) in [7, 11) is -4.73. The van der Waals surface area contributed by atoms with Gasteiger partial charge in [0.15, 0.2) is 11.6 Å². The molecule has 0 bridgehead atoms. The van der Waals surface area contributed by atoms with E-state index in [2.05, 4.69) is 22.0 Å². The highest BCUT2D eigenvalue weighted by molar-refractivity contribution is 7.48. The first-order valence-electron chi connectivity index (χ1n) is 21.2. The van der Waals surface area contributed by atoms with Crippen molar-refractivity contribution in [2.45, 2.75) is 141 Å². The molecule has 2 saturated heterocycles. The van der Waals surface area contributed by atoms with E-state index in [4.69, 9.17) is 59.6 Å². The van der Waals surface area contributed by atoms with Crippen LogP contribution in [0.5, 0.6) is 11.6 Å². The molecule has 0 aliphatic carbocycles. The summed E-state index contributed by atoms with van der Waals surface area (Å²) in [5, 5.41) is 13.8. The molecule has 0 saturated carbocycles. The van der Waals surface area contributed by atoms with Crippen LogP contribution in [0.4, 0.5) is 5.82 Å². The molecule has 2 N–H and O–H groups in total. The molecule has 0 radical (unpaired) electrons. The molecule has 1 aromatic carbocycles. The minimum atomic E-state index is -4.73. The van der Waals surface area contributed by atoms with Gasteiger partial charge in [-0.25, -0.2) is 19.0 Å². The van der Waals surface area contributed by atoms with Crippen LogP contribution in [0.25, 0.3) is 5.52 Å². The minimum absolute atomic E-state index is 0.0114. The number of pyridine rings is 1. The number of phosphoric ester groups is 1. The van der Waals surface area contributed by atoms with Crippen LogP contribution in [0.2, 0.25) is 5.02 Å². The van der Waals surface area contributed by atoms with E-state index in [1.165, 1.54) is 76.4 Å². The highest BCUT2D eigenvalue weighted by atomic mass is 35.5. The molecule has 6 rings (SSSR count). The van der Waals surface area contributed by atoms with Crippen LogP contribution in [-0.2, 0) is 37.6 Å². The molecule has 4 aromatic rings. The van der Waals surface area contributed by atoms with E-state index in [0.717, 1.165) is 19.3 Å². The summed E-state index contributed by atoms with van der Waals surface area (Å²) in [5.74, 6) is -2.28. The maximum atomic E-state index is 14.7. The van der Waals surface area contributed by atoms with Gasteiger partial charge in [0.25, 0.3) is 0 Å². The van der Waals surface area contributed by atoms with Gasteiger partial charge in [-0.15, -0.1) is 4.67 Å². The van der Waals surface area contributed by atoms with Gasteiger partial charge >= 0.3 is 7.82 Å². The summed E-state index contributed by atoms with van der Waals surface area (Å²) in [6, 6.07) is 15.2. The van der Waals surface area contributed by atoms with Gasteiger partial charge in [0.05, 0.1) is 29.5 Å². The van der Waals surface area contributed by atoms with Crippen LogP contribution in [0.3, 0.4) is 0 Å². The van der Waals surface area contributed by atoms with Crippen LogP contribution in [0, 0.1) is 11.3 Å². The van der Waals surface area contributed by atoms with Crippen molar-refractivity contribution in [1.82, 2.24) is 19.6 Å². The summed E-state index contributed by atoms with van der Waals surface area (Å²) in [6.07, 6.45) is 14.2. The van der Waals surface area contributed by atoms with Gasteiger partial charge in [0.2, 0.25) is 11.7 Å². The minimum Gasteiger partial charge on any atom is -0.469 e. The highest BCUT2D eigenvalue weighted by Gasteiger charge is 2.64. The third-order valence-electron chi connectivity index (χ3n) is 10.5. The number of halogens is 1. The molecule has 16 nitrogen and oxygen atoms in total. The Hall–Kier alpha value is -3.88. The third-order valence-corrected chi connectivity index (χ3v) is 11.9. The summed E-state index contributed by atoms with van der Waals surface area (Å²) >= 11 is 6.44. The summed E-state index contributed by atoms with van der Waals surface area (Å²) in [4.78, 5) is 14.2. The van der Waals surface area contributed by atoms with Crippen LogP contribution >= 0.6 is 19.4 Å². The van der Waals surface area contributed by atoms with Gasteiger partial charge in [0.1, 0.15) is 48.1 Å². The predicted molar refractivity (Wildman–Crippen MR) is 227 cm³/mol. The van der Waals surface area contributed by atoms with Gasteiger partial charge in [-0.3, -0.25) is 4.52 Å². The quantitative estimate of drug-likeness (QED) is 0.0271. The first kappa shape index (κ1) is 46.6. The number of anilines is 1. The molecule has 332 valence electrons. The SMILES string of the molecule is CCCCCCCCCCCCCCOC[C@H](COP(=O)(OO[C@@]1(C)O[C@@H](c2ccc3c(N)ncnn23)[C@@H]2OC(C)(C)O[C@@H]21)Oc1ccccc1Cl)Oc1ccc(C#N)cn1. The Balaban J connectivity index is 1.11. The van der Waals surface area contributed by atoms with Crippen molar-refractivity contribution < 1.29 is 46.9 Å². The second kappa shape index (κ2) is 22.0. The average Bonchev–Trinajstić information content (AvgIpc) is 3.91. The molecule has 3 aromatic heterocycles. The monoisotopic (exact) mass is 884 g/mol. The fourth-order valence-corrected chi connectivity index (χ4v) is 8.69. The van der Waals surface area contributed by atoms with Gasteiger partial charge in [-0.05, 0) is 57.5 Å². The highest BCUT2D eigenvalue weighted by Crippen LogP contribution is 2.56. The lowest BCUT2D eigenvalue weighted by molar-refractivity contribution is -0.400. The fourth-order valence-electron chi connectivity index (χ4n) is 7.35. The lowest BCUT2D eigenvalue weighted by atomic mass is 10.0. The molecule has 5 heterocycles. The van der Waals surface area contributed by atoms with Gasteiger partial charge in [0, 0.05) is 18.9 Å². The second-order valence-corrected chi connectivity index (χ2v) is 17.8. The number of fused-ring (bicyclic) bond motifs is 2. The van der Waals surface area contributed by atoms with Crippen LogP contribution < -0.4 is 15.0 Å². The van der Waals surface area contributed by atoms with E-state index < -0.39 is 43.8 Å². The van der Waals surface area contributed by atoms with Crippen molar-refractivity contribution in [3.05, 3.63) is 77.3 Å². The Kier molecular flexibility index (Phi) is 16.8. The van der Waals surface area contributed by atoms with Crippen LogP contribution in [0.15, 0.2) is 61.1 Å². The standard InChI is InChI=1S/C43H58ClN6O10P/c1-5-6-7-8-9-10-11-12-13-14-15-18-25-52-28-32(54-37-24-21-31(26-45)27-47-37)29-53-61(51,58-36-20-17-16-19-33(36)44)60-59-43(4)40-39(55-42(2,3)57-40)38(56-43)34-22-23-35-41(46)48-30-49-50(34)35/h16-17,19-24,27,30,32,38-40H,5-15,18,25,28-29H2,1-4H3,(H2,46,48,49)/t32-,38+,39+,40+,43-,61?/m1/s1. The lowest BCUT2D eigenvalue weighted by Gasteiger charge is -2.31. The van der Waals surface area contributed by atoms with E-state index in [9.17, 15) is 9.83 Å². The molecule has 0 spiro atoms.